The average molecular weight is 192 g/mol. The van der Waals surface area contributed by atoms with Gasteiger partial charge in [-0.3, -0.25) is 0 Å². The Labute approximate surface area is 83.6 Å². The van der Waals surface area contributed by atoms with Gasteiger partial charge in [-0.15, -0.1) is 12.3 Å². The summed E-state index contributed by atoms with van der Waals surface area (Å²) in [6.45, 7) is 0. The Morgan fingerprint density at radius 2 is 2.29 bits per heavy atom. The van der Waals surface area contributed by atoms with Crippen molar-refractivity contribution in [1.29, 1.82) is 0 Å². The van der Waals surface area contributed by atoms with Crippen LogP contribution in [0.15, 0.2) is 24.3 Å². The summed E-state index contributed by atoms with van der Waals surface area (Å²) >= 11 is 0. The molecule has 0 saturated heterocycles. The molecule has 0 heterocycles. The van der Waals surface area contributed by atoms with Crippen LogP contribution in [-0.2, 0) is 0 Å². The first-order valence-electron chi connectivity index (χ1n) is 4.61. The first-order chi connectivity index (χ1) is 6.74. The number of hydrogen-bond donors (Lipinski definition) is 1. The summed E-state index contributed by atoms with van der Waals surface area (Å²) in [5, 5.41) is 9.64. The Hall–Kier alpha value is -1.33. The molecule has 0 aliphatic rings. The monoisotopic (exact) mass is 192 g/mol. The fraction of sp³-hybridized carbons (Fsp3) is 0.333. The molecule has 1 unspecified atom stereocenters. The van der Waals surface area contributed by atoms with E-state index in [4.69, 9.17) is 6.42 Å². The molecule has 1 N–H and O–H groups in total. The quantitative estimate of drug-likeness (QED) is 0.574. The molecule has 1 atom stereocenters. The smallest absolute Gasteiger partial charge is 0.123 e. The van der Waals surface area contributed by atoms with Gasteiger partial charge in [0.2, 0.25) is 0 Å². The topological polar surface area (TPSA) is 20.2 Å². The summed E-state index contributed by atoms with van der Waals surface area (Å²) in [6.07, 6.45) is 6.45. The number of aliphatic hydroxyl groups is 1. The van der Waals surface area contributed by atoms with Crippen molar-refractivity contribution >= 4 is 0 Å². The SMILES string of the molecule is C#CCCCC(O)c1cccc(F)c1. The van der Waals surface area contributed by atoms with Gasteiger partial charge in [0, 0.05) is 6.42 Å². The van der Waals surface area contributed by atoms with Crippen molar-refractivity contribution in [3.8, 4) is 12.3 Å². The number of aliphatic hydroxyl groups excluding tert-OH is 1. The average Bonchev–Trinajstić information content (AvgIpc) is 2.18. The molecule has 0 bridgehead atoms. The zero-order valence-corrected chi connectivity index (χ0v) is 7.91. The Bertz CT molecular complexity index is 327. The van der Waals surface area contributed by atoms with Gasteiger partial charge in [0.15, 0.2) is 0 Å². The van der Waals surface area contributed by atoms with Crippen LogP contribution in [0.4, 0.5) is 4.39 Å². The van der Waals surface area contributed by atoms with Crippen LogP contribution < -0.4 is 0 Å². The van der Waals surface area contributed by atoms with E-state index in [2.05, 4.69) is 5.92 Å². The summed E-state index contributed by atoms with van der Waals surface area (Å²) in [5.41, 5.74) is 0.613. The highest BCUT2D eigenvalue weighted by atomic mass is 19.1. The van der Waals surface area contributed by atoms with Crippen LogP contribution in [0.5, 0.6) is 0 Å². The van der Waals surface area contributed by atoms with Crippen molar-refractivity contribution < 1.29 is 9.50 Å². The molecule has 0 aliphatic carbocycles. The van der Waals surface area contributed by atoms with Crippen LogP contribution in [0, 0.1) is 18.2 Å². The van der Waals surface area contributed by atoms with E-state index >= 15 is 0 Å². The number of hydrogen-bond acceptors (Lipinski definition) is 1. The molecule has 0 aromatic heterocycles. The molecule has 0 amide bonds. The Morgan fingerprint density at radius 1 is 1.50 bits per heavy atom. The van der Waals surface area contributed by atoms with E-state index in [0.717, 1.165) is 6.42 Å². The highest BCUT2D eigenvalue weighted by Crippen LogP contribution is 2.19. The van der Waals surface area contributed by atoms with Gasteiger partial charge in [-0.25, -0.2) is 4.39 Å². The lowest BCUT2D eigenvalue weighted by molar-refractivity contribution is 0.165. The molecule has 0 saturated carbocycles. The Balaban J connectivity index is 2.52. The fourth-order valence-corrected chi connectivity index (χ4v) is 1.28. The molecule has 0 aliphatic heterocycles. The van der Waals surface area contributed by atoms with Crippen molar-refractivity contribution in [2.24, 2.45) is 0 Å². The zero-order valence-electron chi connectivity index (χ0n) is 7.91. The maximum atomic E-state index is 12.8. The number of halogens is 1. The van der Waals surface area contributed by atoms with Crippen molar-refractivity contribution in [3.05, 3.63) is 35.6 Å². The van der Waals surface area contributed by atoms with Crippen molar-refractivity contribution in [1.82, 2.24) is 0 Å². The zero-order chi connectivity index (χ0) is 10.4. The third-order valence-corrected chi connectivity index (χ3v) is 2.03. The third-order valence-electron chi connectivity index (χ3n) is 2.03. The molecule has 0 fully saturated rings. The third kappa shape index (κ3) is 3.20. The predicted octanol–water partition coefficient (Wildman–Crippen LogP) is 2.66. The minimum absolute atomic E-state index is 0.321. The van der Waals surface area contributed by atoms with Gasteiger partial charge in [-0.2, -0.15) is 0 Å². The molecule has 14 heavy (non-hydrogen) atoms. The van der Waals surface area contributed by atoms with Crippen LogP contribution in [0.3, 0.4) is 0 Å². The maximum absolute atomic E-state index is 12.8. The minimum atomic E-state index is -0.612. The second kappa shape index (κ2) is 5.41. The van der Waals surface area contributed by atoms with E-state index in [9.17, 15) is 9.50 Å². The van der Waals surface area contributed by atoms with Gasteiger partial charge in [-0.1, -0.05) is 12.1 Å². The summed E-state index contributed by atoms with van der Waals surface area (Å²) in [4.78, 5) is 0. The lowest BCUT2D eigenvalue weighted by Gasteiger charge is -2.09. The number of unbranched alkanes of at least 4 members (excludes halogenated alkanes) is 1. The molecule has 1 nitrogen and oxygen atoms in total. The predicted molar refractivity (Wildman–Crippen MR) is 54.0 cm³/mol. The van der Waals surface area contributed by atoms with Gasteiger partial charge >= 0.3 is 0 Å². The van der Waals surface area contributed by atoms with Crippen LogP contribution in [0.1, 0.15) is 30.9 Å². The van der Waals surface area contributed by atoms with Crippen LogP contribution in [-0.4, -0.2) is 5.11 Å². The van der Waals surface area contributed by atoms with Gasteiger partial charge in [0.05, 0.1) is 6.10 Å². The first-order valence-corrected chi connectivity index (χ1v) is 4.61. The largest absolute Gasteiger partial charge is 0.388 e. The second-order valence-corrected chi connectivity index (χ2v) is 3.17. The normalized spacial score (nSPS) is 12.1. The van der Waals surface area contributed by atoms with Crippen molar-refractivity contribution in [2.75, 3.05) is 0 Å². The summed E-state index contributed by atoms with van der Waals surface area (Å²) in [6, 6.07) is 6.01. The van der Waals surface area contributed by atoms with E-state index in [1.807, 2.05) is 0 Å². The number of terminal acetylenes is 1. The van der Waals surface area contributed by atoms with Gasteiger partial charge in [-0.05, 0) is 30.5 Å². The van der Waals surface area contributed by atoms with Gasteiger partial charge in [0.25, 0.3) is 0 Å². The lowest BCUT2D eigenvalue weighted by Crippen LogP contribution is -1.97. The minimum Gasteiger partial charge on any atom is -0.388 e. The molecular weight excluding hydrogens is 179 g/mol. The van der Waals surface area contributed by atoms with Crippen LogP contribution in [0.25, 0.3) is 0 Å². The maximum Gasteiger partial charge on any atom is 0.123 e. The molecule has 1 aromatic rings. The van der Waals surface area contributed by atoms with E-state index in [-0.39, 0.29) is 5.82 Å². The molecule has 0 spiro atoms. The van der Waals surface area contributed by atoms with Crippen molar-refractivity contribution in [2.45, 2.75) is 25.4 Å². The van der Waals surface area contributed by atoms with E-state index in [0.29, 0.717) is 18.4 Å². The van der Waals surface area contributed by atoms with Gasteiger partial charge in [0.1, 0.15) is 5.82 Å². The highest BCUT2D eigenvalue weighted by Gasteiger charge is 2.06. The first kappa shape index (κ1) is 10.7. The summed E-state index contributed by atoms with van der Waals surface area (Å²) in [7, 11) is 0. The lowest BCUT2D eigenvalue weighted by atomic mass is 10.0. The molecule has 1 rings (SSSR count). The van der Waals surface area contributed by atoms with Crippen molar-refractivity contribution in [3.63, 3.8) is 0 Å². The van der Waals surface area contributed by atoms with Crippen LogP contribution in [0.2, 0.25) is 0 Å². The molecule has 0 radical (unpaired) electrons. The fourth-order valence-electron chi connectivity index (χ4n) is 1.28. The Morgan fingerprint density at radius 3 is 2.93 bits per heavy atom. The second-order valence-electron chi connectivity index (χ2n) is 3.17. The van der Waals surface area contributed by atoms with Gasteiger partial charge < -0.3 is 5.11 Å². The molecular formula is C12H13FO. The number of benzene rings is 1. The summed E-state index contributed by atoms with van der Waals surface area (Å²) in [5.74, 6) is 2.18. The van der Waals surface area contributed by atoms with E-state index in [1.54, 1.807) is 12.1 Å². The molecule has 2 heteroatoms. The molecule has 74 valence electrons. The standard InChI is InChI=1S/C12H13FO/c1-2-3-4-8-12(14)10-6-5-7-11(13)9-10/h1,5-7,9,12,14H,3-4,8H2. The highest BCUT2D eigenvalue weighted by molar-refractivity contribution is 5.18. The van der Waals surface area contributed by atoms with E-state index in [1.165, 1.54) is 12.1 Å². The summed E-state index contributed by atoms with van der Waals surface area (Å²) < 4.78 is 12.8. The van der Waals surface area contributed by atoms with Crippen LogP contribution >= 0.6 is 0 Å². The van der Waals surface area contributed by atoms with E-state index < -0.39 is 6.10 Å². The Kier molecular flexibility index (Phi) is 4.15. The molecule has 1 aromatic carbocycles. The number of rotatable bonds is 4.